The predicted octanol–water partition coefficient (Wildman–Crippen LogP) is 2.99. The standard InChI is InChI=1S/C14H17NO2S/c1-10(8-16)7-14-15-12(9-18-14)11-5-3-4-6-13(11)17-2/h3-6,9-10,16H,7-8H2,1-2H3. The summed E-state index contributed by atoms with van der Waals surface area (Å²) in [5.41, 5.74) is 1.96. The van der Waals surface area contributed by atoms with E-state index in [1.54, 1.807) is 18.4 Å². The van der Waals surface area contributed by atoms with E-state index < -0.39 is 0 Å². The molecule has 0 spiro atoms. The summed E-state index contributed by atoms with van der Waals surface area (Å²) in [5, 5.41) is 12.2. The lowest BCUT2D eigenvalue weighted by Crippen LogP contribution is -2.04. The van der Waals surface area contributed by atoms with Gasteiger partial charge in [0.25, 0.3) is 0 Å². The van der Waals surface area contributed by atoms with Gasteiger partial charge in [-0.05, 0) is 18.1 Å². The summed E-state index contributed by atoms with van der Waals surface area (Å²) < 4.78 is 5.34. The lowest BCUT2D eigenvalue weighted by Gasteiger charge is -2.05. The van der Waals surface area contributed by atoms with Crippen molar-refractivity contribution < 1.29 is 9.84 Å². The van der Waals surface area contributed by atoms with Crippen LogP contribution in [-0.2, 0) is 6.42 Å². The van der Waals surface area contributed by atoms with Gasteiger partial charge in [0, 0.05) is 24.0 Å². The lowest BCUT2D eigenvalue weighted by atomic mass is 10.1. The molecule has 1 N–H and O–H groups in total. The molecule has 4 heteroatoms. The van der Waals surface area contributed by atoms with Crippen LogP contribution in [0.2, 0.25) is 0 Å². The zero-order chi connectivity index (χ0) is 13.0. The van der Waals surface area contributed by atoms with Crippen LogP contribution in [-0.4, -0.2) is 23.8 Å². The van der Waals surface area contributed by atoms with Gasteiger partial charge in [-0.25, -0.2) is 4.98 Å². The van der Waals surface area contributed by atoms with Gasteiger partial charge in [-0.1, -0.05) is 19.1 Å². The highest BCUT2D eigenvalue weighted by Gasteiger charge is 2.11. The first-order chi connectivity index (χ1) is 8.74. The third kappa shape index (κ3) is 2.89. The molecule has 0 amide bonds. The summed E-state index contributed by atoms with van der Waals surface area (Å²) in [6, 6.07) is 7.87. The van der Waals surface area contributed by atoms with Crippen molar-refractivity contribution in [2.24, 2.45) is 5.92 Å². The minimum absolute atomic E-state index is 0.198. The minimum atomic E-state index is 0.198. The molecule has 2 aromatic rings. The van der Waals surface area contributed by atoms with Crippen LogP contribution in [0.25, 0.3) is 11.3 Å². The van der Waals surface area contributed by atoms with Crippen LogP contribution in [0.15, 0.2) is 29.6 Å². The number of benzene rings is 1. The Morgan fingerprint density at radius 1 is 1.39 bits per heavy atom. The number of methoxy groups -OCH3 is 1. The highest BCUT2D eigenvalue weighted by atomic mass is 32.1. The van der Waals surface area contributed by atoms with E-state index in [-0.39, 0.29) is 12.5 Å². The molecule has 1 unspecified atom stereocenters. The molecule has 0 saturated heterocycles. The fourth-order valence-electron chi connectivity index (χ4n) is 1.75. The number of aromatic nitrogens is 1. The van der Waals surface area contributed by atoms with Crippen molar-refractivity contribution in [3.05, 3.63) is 34.7 Å². The summed E-state index contributed by atoms with van der Waals surface area (Å²) in [5.74, 6) is 1.09. The Kier molecular flexibility index (Phi) is 4.33. The number of aliphatic hydroxyl groups is 1. The SMILES string of the molecule is COc1ccccc1-c1csc(CC(C)CO)n1. The van der Waals surface area contributed by atoms with E-state index in [1.165, 1.54) is 0 Å². The molecule has 0 aliphatic carbocycles. The average molecular weight is 263 g/mol. The number of thiazole rings is 1. The third-order valence-electron chi connectivity index (χ3n) is 2.77. The van der Waals surface area contributed by atoms with Gasteiger partial charge in [0.15, 0.2) is 0 Å². The fraction of sp³-hybridized carbons (Fsp3) is 0.357. The first-order valence-electron chi connectivity index (χ1n) is 5.93. The molecule has 0 bridgehead atoms. The molecule has 96 valence electrons. The molecule has 1 aromatic carbocycles. The Labute approximate surface area is 111 Å². The minimum Gasteiger partial charge on any atom is -0.496 e. The number of para-hydroxylation sites is 1. The van der Waals surface area contributed by atoms with Crippen molar-refractivity contribution in [2.45, 2.75) is 13.3 Å². The second-order valence-corrected chi connectivity index (χ2v) is 5.26. The van der Waals surface area contributed by atoms with Gasteiger partial charge in [-0.3, -0.25) is 0 Å². The highest BCUT2D eigenvalue weighted by Crippen LogP contribution is 2.30. The van der Waals surface area contributed by atoms with E-state index in [0.29, 0.717) is 0 Å². The van der Waals surface area contributed by atoms with E-state index in [4.69, 9.17) is 9.84 Å². The second kappa shape index (κ2) is 5.98. The normalized spacial score (nSPS) is 12.4. The summed E-state index contributed by atoms with van der Waals surface area (Å²) >= 11 is 1.63. The Balaban J connectivity index is 2.24. The number of hydrogen-bond donors (Lipinski definition) is 1. The fourth-order valence-corrected chi connectivity index (χ4v) is 2.71. The topological polar surface area (TPSA) is 42.4 Å². The van der Waals surface area contributed by atoms with Crippen LogP contribution in [0.4, 0.5) is 0 Å². The second-order valence-electron chi connectivity index (χ2n) is 4.32. The zero-order valence-electron chi connectivity index (χ0n) is 10.6. The molecular weight excluding hydrogens is 246 g/mol. The molecule has 0 saturated carbocycles. The summed E-state index contributed by atoms with van der Waals surface area (Å²) in [4.78, 5) is 4.60. The van der Waals surface area contributed by atoms with E-state index in [9.17, 15) is 0 Å². The van der Waals surface area contributed by atoms with Crippen molar-refractivity contribution in [2.75, 3.05) is 13.7 Å². The van der Waals surface area contributed by atoms with Gasteiger partial charge in [0.2, 0.25) is 0 Å². The van der Waals surface area contributed by atoms with Crippen molar-refractivity contribution in [1.29, 1.82) is 0 Å². The van der Waals surface area contributed by atoms with Crippen LogP contribution in [0.1, 0.15) is 11.9 Å². The van der Waals surface area contributed by atoms with E-state index >= 15 is 0 Å². The molecule has 3 nitrogen and oxygen atoms in total. The maximum absolute atomic E-state index is 9.06. The summed E-state index contributed by atoms with van der Waals surface area (Å²) in [6.45, 7) is 2.22. The van der Waals surface area contributed by atoms with Crippen molar-refractivity contribution >= 4 is 11.3 Å². The largest absolute Gasteiger partial charge is 0.496 e. The number of ether oxygens (including phenoxy) is 1. The smallest absolute Gasteiger partial charge is 0.128 e. The monoisotopic (exact) mass is 263 g/mol. The molecule has 18 heavy (non-hydrogen) atoms. The number of hydrogen-bond acceptors (Lipinski definition) is 4. The van der Waals surface area contributed by atoms with Crippen LogP contribution < -0.4 is 4.74 Å². The maximum atomic E-state index is 9.06. The lowest BCUT2D eigenvalue weighted by molar-refractivity contribution is 0.237. The van der Waals surface area contributed by atoms with E-state index in [2.05, 4.69) is 4.98 Å². The van der Waals surface area contributed by atoms with Gasteiger partial charge in [-0.2, -0.15) is 0 Å². The quantitative estimate of drug-likeness (QED) is 0.901. The Morgan fingerprint density at radius 2 is 2.17 bits per heavy atom. The molecule has 0 aliphatic rings. The van der Waals surface area contributed by atoms with Crippen LogP contribution in [0, 0.1) is 5.92 Å². The molecule has 0 radical (unpaired) electrons. The Morgan fingerprint density at radius 3 is 2.89 bits per heavy atom. The van der Waals surface area contributed by atoms with Gasteiger partial charge < -0.3 is 9.84 Å². The highest BCUT2D eigenvalue weighted by molar-refractivity contribution is 7.09. The van der Waals surface area contributed by atoms with Gasteiger partial charge in [0.1, 0.15) is 5.75 Å². The van der Waals surface area contributed by atoms with Gasteiger partial charge in [0.05, 0.1) is 17.8 Å². The Bertz CT molecular complexity index is 510. The van der Waals surface area contributed by atoms with Crippen LogP contribution in [0.5, 0.6) is 5.75 Å². The first-order valence-corrected chi connectivity index (χ1v) is 6.81. The van der Waals surface area contributed by atoms with Crippen molar-refractivity contribution in [3.8, 4) is 17.0 Å². The molecule has 1 atom stereocenters. The Hall–Kier alpha value is -1.39. The number of aliphatic hydroxyl groups excluding tert-OH is 1. The van der Waals surface area contributed by atoms with Crippen molar-refractivity contribution in [3.63, 3.8) is 0 Å². The summed E-state index contributed by atoms with van der Waals surface area (Å²) in [7, 11) is 1.67. The predicted molar refractivity (Wildman–Crippen MR) is 74.1 cm³/mol. The van der Waals surface area contributed by atoms with Crippen LogP contribution in [0.3, 0.4) is 0 Å². The van der Waals surface area contributed by atoms with Gasteiger partial charge in [-0.15, -0.1) is 11.3 Å². The van der Waals surface area contributed by atoms with E-state index in [0.717, 1.165) is 28.4 Å². The molecule has 0 fully saturated rings. The molecule has 1 aromatic heterocycles. The average Bonchev–Trinajstić information content (AvgIpc) is 2.86. The van der Waals surface area contributed by atoms with Crippen LogP contribution >= 0.6 is 11.3 Å². The van der Waals surface area contributed by atoms with Gasteiger partial charge >= 0.3 is 0 Å². The molecule has 1 heterocycles. The molecule has 0 aliphatic heterocycles. The zero-order valence-corrected chi connectivity index (χ0v) is 11.4. The van der Waals surface area contributed by atoms with Crippen molar-refractivity contribution in [1.82, 2.24) is 4.98 Å². The maximum Gasteiger partial charge on any atom is 0.128 e. The number of nitrogens with zero attached hydrogens (tertiary/aromatic N) is 1. The summed E-state index contributed by atoms with van der Waals surface area (Å²) in [6.07, 6.45) is 0.816. The number of rotatable bonds is 5. The third-order valence-corrected chi connectivity index (χ3v) is 3.64. The van der Waals surface area contributed by atoms with E-state index in [1.807, 2.05) is 36.6 Å². The molecule has 2 rings (SSSR count). The first kappa shape index (κ1) is 13.1. The molecular formula is C14H17NO2S.